The SMILES string of the molecule is CNC(=O)c1ccc(NC2CCN(C)CC2C)c(N)c1. The molecule has 5 heteroatoms. The van der Waals surface area contributed by atoms with Crippen LogP contribution in [0.4, 0.5) is 11.4 Å². The van der Waals surface area contributed by atoms with E-state index in [2.05, 4.69) is 29.5 Å². The van der Waals surface area contributed by atoms with E-state index in [1.807, 2.05) is 6.07 Å². The highest BCUT2D eigenvalue weighted by Crippen LogP contribution is 2.25. The Morgan fingerprint density at radius 2 is 2.20 bits per heavy atom. The lowest BCUT2D eigenvalue weighted by Gasteiger charge is -2.36. The van der Waals surface area contributed by atoms with Gasteiger partial charge in [-0.2, -0.15) is 0 Å². The van der Waals surface area contributed by atoms with E-state index in [1.165, 1.54) is 0 Å². The van der Waals surface area contributed by atoms with Gasteiger partial charge in [-0.15, -0.1) is 0 Å². The molecule has 0 radical (unpaired) electrons. The number of piperidine rings is 1. The summed E-state index contributed by atoms with van der Waals surface area (Å²) >= 11 is 0. The fraction of sp³-hybridized carbons (Fsp3) is 0.533. The minimum Gasteiger partial charge on any atom is -0.397 e. The van der Waals surface area contributed by atoms with Crippen LogP contribution in [0.1, 0.15) is 23.7 Å². The smallest absolute Gasteiger partial charge is 0.251 e. The van der Waals surface area contributed by atoms with Gasteiger partial charge in [-0.1, -0.05) is 6.92 Å². The van der Waals surface area contributed by atoms with Crippen LogP contribution < -0.4 is 16.4 Å². The van der Waals surface area contributed by atoms with Crippen LogP contribution in [0.3, 0.4) is 0 Å². The molecule has 0 aromatic heterocycles. The van der Waals surface area contributed by atoms with Gasteiger partial charge in [-0.05, 0) is 44.1 Å². The van der Waals surface area contributed by atoms with Crippen molar-refractivity contribution in [1.29, 1.82) is 0 Å². The van der Waals surface area contributed by atoms with Gasteiger partial charge in [0, 0.05) is 25.2 Å². The van der Waals surface area contributed by atoms with Gasteiger partial charge in [-0.25, -0.2) is 0 Å². The third-order valence-corrected chi connectivity index (χ3v) is 3.99. The van der Waals surface area contributed by atoms with E-state index in [0.717, 1.165) is 25.2 Å². The van der Waals surface area contributed by atoms with E-state index in [4.69, 9.17) is 5.73 Å². The number of nitrogen functional groups attached to an aromatic ring is 1. The molecule has 20 heavy (non-hydrogen) atoms. The second kappa shape index (κ2) is 6.13. The topological polar surface area (TPSA) is 70.4 Å². The Hall–Kier alpha value is -1.75. The Morgan fingerprint density at radius 1 is 1.45 bits per heavy atom. The summed E-state index contributed by atoms with van der Waals surface area (Å²) in [6, 6.07) is 5.85. The van der Waals surface area contributed by atoms with Crippen molar-refractivity contribution in [3.05, 3.63) is 23.8 Å². The van der Waals surface area contributed by atoms with Crippen LogP contribution in [-0.2, 0) is 0 Å². The van der Waals surface area contributed by atoms with Crippen molar-refractivity contribution < 1.29 is 4.79 Å². The molecule has 0 bridgehead atoms. The van der Waals surface area contributed by atoms with Crippen molar-refractivity contribution in [2.24, 2.45) is 5.92 Å². The molecule has 0 spiro atoms. The van der Waals surface area contributed by atoms with Gasteiger partial charge in [0.05, 0.1) is 11.4 Å². The van der Waals surface area contributed by atoms with Gasteiger partial charge in [0.2, 0.25) is 0 Å². The lowest BCUT2D eigenvalue weighted by atomic mass is 9.94. The van der Waals surface area contributed by atoms with Crippen LogP contribution in [0.2, 0.25) is 0 Å². The summed E-state index contributed by atoms with van der Waals surface area (Å²) in [7, 11) is 3.77. The van der Waals surface area contributed by atoms with Gasteiger partial charge in [-0.3, -0.25) is 4.79 Å². The summed E-state index contributed by atoms with van der Waals surface area (Å²) in [6.45, 7) is 4.44. The fourth-order valence-electron chi connectivity index (χ4n) is 2.75. The quantitative estimate of drug-likeness (QED) is 0.730. The van der Waals surface area contributed by atoms with Crippen molar-refractivity contribution in [2.45, 2.75) is 19.4 Å². The highest BCUT2D eigenvalue weighted by Gasteiger charge is 2.24. The molecule has 5 nitrogen and oxygen atoms in total. The average molecular weight is 276 g/mol. The van der Waals surface area contributed by atoms with Gasteiger partial charge >= 0.3 is 0 Å². The highest BCUT2D eigenvalue weighted by molar-refractivity contribution is 5.95. The number of benzene rings is 1. The van der Waals surface area contributed by atoms with E-state index in [9.17, 15) is 4.79 Å². The first-order valence-corrected chi connectivity index (χ1v) is 7.08. The number of nitrogens with zero attached hydrogens (tertiary/aromatic N) is 1. The maximum absolute atomic E-state index is 11.6. The van der Waals surface area contributed by atoms with Gasteiger partial charge in [0.15, 0.2) is 0 Å². The predicted octanol–water partition coefficient (Wildman–Crippen LogP) is 1.38. The number of nitrogens with two attached hydrogens (primary N) is 1. The Morgan fingerprint density at radius 3 is 2.80 bits per heavy atom. The monoisotopic (exact) mass is 276 g/mol. The van der Waals surface area contributed by atoms with Crippen LogP contribution in [0.15, 0.2) is 18.2 Å². The van der Waals surface area contributed by atoms with Gasteiger partial charge in [0.25, 0.3) is 5.91 Å². The van der Waals surface area contributed by atoms with Crippen molar-refractivity contribution in [3.8, 4) is 0 Å². The molecule has 0 saturated carbocycles. The minimum atomic E-state index is -0.115. The van der Waals surface area contributed by atoms with E-state index >= 15 is 0 Å². The Bertz CT molecular complexity index is 489. The highest BCUT2D eigenvalue weighted by atomic mass is 16.1. The second-order valence-corrected chi connectivity index (χ2v) is 5.66. The lowest BCUT2D eigenvalue weighted by Crippen LogP contribution is -2.43. The van der Waals surface area contributed by atoms with Crippen molar-refractivity contribution in [2.75, 3.05) is 38.2 Å². The van der Waals surface area contributed by atoms with Crippen LogP contribution in [0.5, 0.6) is 0 Å². The molecule has 1 fully saturated rings. The Kier molecular flexibility index (Phi) is 4.49. The zero-order valence-electron chi connectivity index (χ0n) is 12.4. The standard InChI is InChI=1S/C15H24N4O/c1-10-9-19(3)7-6-13(10)18-14-5-4-11(8-12(14)16)15(20)17-2/h4-5,8,10,13,18H,6-7,9,16H2,1-3H3,(H,17,20). The first-order chi connectivity index (χ1) is 9.51. The van der Waals surface area contributed by atoms with E-state index in [1.54, 1.807) is 19.2 Å². The molecule has 1 amide bonds. The normalized spacial score (nSPS) is 23.4. The molecule has 1 heterocycles. The average Bonchev–Trinajstić information content (AvgIpc) is 2.42. The molecule has 1 aliphatic heterocycles. The molecule has 2 atom stereocenters. The second-order valence-electron chi connectivity index (χ2n) is 5.66. The molecule has 1 aromatic carbocycles. The summed E-state index contributed by atoms with van der Waals surface area (Å²) in [5.74, 6) is 0.461. The van der Waals surface area contributed by atoms with Gasteiger partial charge in [0.1, 0.15) is 0 Å². The summed E-state index contributed by atoms with van der Waals surface area (Å²) < 4.78 is 0. The summed E-state index contributed by atoms with van der Waals surface area (Å²) in [6.07, 6.45) is 1.11. The van der Waals surface area contributed by atoms with E-state index in [-0.39, 0.29) is 5.91 Å². The maximum Gasteiger partial charge on any atom is 0.251 e. The van der Waals surface area contributed by atoms with Crippen LogP contribution in [0, 0.1) is 5.92 Å². The van der Waals surface area contributed by atoms with Crippen LogP contribution >= 0.6 is 0 Å². The van der Waals surface area contributed by atoms with E-state index < -0.39 is 0 Å². The Balaban J connectivity index is 2.08. The third-order valence-electron chi connectivity index (χ3n) is 3.99. The molecule has 1 aromatic rings. The number of amides is 1. The van der Waals surface area contributed by atoms with Crippen molar-refractivity contribution >= 4 is 17.3 Å². The minimum absolute atomic E-state index is 0.115. The number of carbonyl (C=O) groups excluding carboxylic acids is 1. The summed E-state index contributed by atoms with van der Waals surface area (Å²) in [5.41, 5.74) is 8.18. The largest absolute Gasteiger partial charge is 0.397 e. The number of likely N-dealkylation sites (tertiary alicyclic amines) is 1. The lowest BCUT2D eigenvalue weighted by molar-refractivity contribution is 0.0963. The first-order valence-electron chi connectivity index (χ1n) is 7.08. The fourth-order valence-corrected chi connectivity index (χ4v) is 2.75. The third kappa shape index (κ3) is 3.22. The molecule has 2 unspecified atom stereocenters. The zero-order valence-corrected chi connectivity index (χ0v) is 12.4. The van der Waals surface area contributed by atoms with Crippen LogP contribution in [0.25, 0.3) is 0 Å². The maximum atomic E-state index is 11.6. The predicted molar refractivity (Wildman–Crippen MR) is 82.9 cm³/mol. The number of nitrogens with one attached hydrogen (secondary N) is 2. The number of rotatable bonds is 3. The molecule has 110 valence electrons. The van der Waals surface area contributed by atoms with Crippen molar-refractivity contribution in [3.63, 3.8) is 0 Å². The number of hydrogen-bond donors (Lipinski definition) is 3. The summed E-state index contributed by atoms with van der Waals surface area (Å²) in [5, 5.41) is 6.12. The summed E-state index contributed by atoms with van der Waals surface area (Å²) in [4.78, 5) is 13.9. The molecular weight excluding hydrogens is 252 g/mol. The molecule has 0 aliphatic carbocycles. The van der Waals surface area contributed by atoms with Crippen LogP contribution in [-0.4, -0.2) is 44.0 Å². The Labute approximate surface area is 120 Å². The zero-order chi connectivity index (χ0) is 14.7. The molecule has 1 saturated heterocycles. The number of hydrogen-bond acceptors (Lipinski definition) is 4. The molecular formula is C15H24N4O. The molecule has 2 rings (SSSR count). The van der Waals surface area contributed by atoms with Gasteiger partial charge < -0.3 is 21.3 Å². The molecule has 4 N–H and O–H groups in total. The number of anilines is 2. The number of carbonyl (C=O) groups is 1. The van der Waals surface area contributed by atoms with Crippen molar-refractivity contribution in [1.82, 2.24) is 10.2 Å². The first kappa shape index (κ1) is 14.7. The molecule has 1 aliphatic rings. The van der Waals surface area contributed by atoms with E-state index in [0.29, 0.717) is 23.2 Å².